The Morgan fingerprint density at radius 3 is 2.30 bits per heavy atom. The third kappa shape index (κ3) is 4.45. The summed E-state index contributed by atoms with van der Waals surface area (Å²) in [6, 6.07) is 7.10. The number of carbonyl (C=O) groups is 2. The standard InChI is InChI=1S/C17H24N2O3.ClH/c1-12-7-9-17(10-8-12,16(21)22-2)19-15(20)14-5-3-13(11-18)4-6-14;/h3-6,12H,7-11,18H2,1-2H3,(H,19,20);1H. The monoisotopic (exact) mass is 340 g/mol. The van der Waals surface area contributed by atoms with Crippen LogP contribution in [0.5, 0.6) is 0 Å². The Kier molecular flexibility index (Phi) is 7.03. The summed E-state index contributed by atoms with van der Waals surface area (Å²) in [4.78, 5) is 24.7. The second kappa shape index (κ2) is 8.31. The Morgan fingerprint density at radius 2 is 1.83 bits per heavy atom. The van der Waals surface area contributed by atoms with E-state index in [0.717, 1.165) is 18.4 Å². The molecule has 2 rings (SSSR count). The lowest BCUT2D eigenvalue weighted by Gasteiger charge is -2.37. The number of hydrogen-bond acceptors (Lipinski definition) is 4. The lowest BCUT2D eigenvalue weighted by atomic mass is 9.77. The van der Waals surface area contributed by atoms with Crippen LogP contribution in [0.3, 0.4) is 0 Å². The van der Waals surface area contributed by atoms with Crippen LogP contribution in [0.4, 0.5) is 0 Å². The number of nitrogens with one attached hydrogen (secondary N) is 1. The van der Waals surface area contributed by atoms with Gasteiger partial charge in [0.25, 0.3) is 5.91 Å². The molecule has 23 heavy (non-hydrogen) atoms. The molecule has 0 heterocycles. The van der Waals surface area contributed by atoms with Gasteiger partial charge in [-0.25, -0.2) is 4.79 Å². The molecular formula is C17H25ClN2O3. The predicted molar refractivity (Wildman–Crippen MR) is 91.4 cm³/mol. The van der Waals surface area contributed by atoms with Crippen LogP contribution in [0, 0.1) is 5.92 Å². The van der Waals surface area contributed by atoms with Crippen LogP contribution in [0.25, 0.3) is 0 Å². The average Bonchev–Trinajstić information content (AvgIpc) is 2.56. The van der Waals surface area contributed by atoms with Crippen molar-refractivity contribution < 1.29 is 14.3 Å². The van der Waals surface area contributed by atoms with Gasteiger partial charge in [-0.1, -0.05) is 19.1 Å². The van der Waals surface area contributed by atoms with Gasteiger partial charge in [-0.3, -0.25) is 4.79 Å². The predicted octanol–water partition coefficient (Wildman–Crippen LogP) is 2.42. The number of carbonyl (C=O) groups excluding carboxylic acids is 2. The number of amides is 1. The van der Waals surface area contributed by atoms with Crippen LogP contribution in [0.2, 0.25) is 0 Å². The molecule has 1 saturated carbocycles. The number of hydrogen-bond donors (Lipinski definition) is 2. The highest BCUT2D eigenvalue weighted by Gasteiger charge is 2.43. The summed E-state index contributed by atoms with van der Waals surface area (Å²) in [6.45, 7) is 2.60. The van der Waals surface area contributed by atoms with Crippen LogP contribution in [-0.4, -0.2) is 24.5 Å². The average molecular weight is 341 g/mol. The first-order valence-electron chi connectivity index (χ1n) is 7.70. The molecule has 0 atom stereocenters. The van der Waals surface area contributed by atoms with Gasteiger partial charge in [-0.05, 0) is 49.3 Å². The van der Waals surface area contributed by atoms with E-state index in [2.05, 4.69) is 12.2 Å². The molecule has 1 aliphatic rings. The fourth-order valence-corrected chi connectivity index (χ4v) is 2.91. The highest BCUT2D eigenvalue weighted by Crippen LogP contribution is 2.33. The van der Waals surface area contributed by atoms with E-state index in [0.29, 0.717) is 30.9 Å². The van der Waals surface area contributed by atoms with E-state index in [9.17, 15) is 9.59 Å². The molecule has 3 N–H and O–H groups in total. The van der Waals surface area contributed by atoms with E-state index in [4.69, 9.17) is 10.5 Å². The third-order valence-electron chi connectivity index (χ3n) is 4.51. The molecule has 1 amide bonds. The molecule has 0 unspecified atom stereocenters. The maximum atomic E-state index is 12.5. The van der Waals surface area contributed by atoms with Crippen molar-refractivity contribution in [3.8, 4) is 0 Å². The van der Waals surface area contributed by atoms with Gasteiger partial charge in [0.15, 0.2) is 0 Å². The second-order valence-corrected chi connectivity index (χ2v) is 6.11. The lowest BCUT2D eigenvalue weighted by Crippen LogP contribution is -2.56. The van der Waals surface area contributed by atoms with Gasteiger partial charge in [-0.15, -0.1) is 12.4 Å². The van der Waals surface area contributed by atoms with E-state index < -0.39 is 5.54 Å². The van der Waals surface area contributed by atoms with Gasteiger partial charge in [0, 0.05) is 12.1 Å². The summed E-state index contributed by atoms with van der Waals surface area (Å²) in [5.74, 6) is -0.0339. The zero-order valence-electron chi connectivity index (χ0n) is 13.6. The minimum Gasteiger partial charge on any atom is -0.467 e. The largest absolute Gasteiger partial charge is 0.467 e. The van der Waals surface area contributed by atoms with Crippen LogP contribution >= 0.6 is 12.4 Å². The molecule has 5 nitrogen and oxygen atoms in total. The smallest absolute Gasteiger partial charge is 0.331 e. The fraction of sp³-hybridized carbons (Fsp3) is 0.529. The number of methoxy groups -OCH3 is 1. The van der Waals surface area contributed by atoms with Crippen LogP contribution in [-0.2, 0) is 16.1 Å². The number of rotatable bonds is 4. The first kappa shape index (κ1) is 19.5. The fourth-order valence-electron chi connectivity index (χ4n) is 2.91. The van der Waals surface area contributed by atoms with Gasteiger partial charge in [0.1, 0.15) is 5.54 Å². The molecule has 6 heteroatoms. The molecule has 0 radical (unpaired) electrons. The van der Waals surface area contributed by atoms with E-state index in [1.54, 1.807) is 12.1 Å². The zero-order valence-corrected chi connectivity index (χ0v) is 14.4. The summed E-state index contributed by atoms with van der Waals surface area (Å²) in [7, 11) is 1.37. The van der Waals surface area contributed by atoms with Crippen LogP contribution in [0.1, 0.15) is 48.5 Å². The summed E-state index contributed by atoms with van der Waals surface area (Å²) >= 11 is 0. The second-order valence-electron chi connectivity index (χ2n) is 6.11. The van der Waals surface area contributed by atoms with Gasteiger partial charge in [0.2, 0.25) is 0 Å². The van der Waals surface area contributed by atoms with E-state index in [1.807, 2.05) is 12.1 Å². The molecule has 0 aromatic heterocycles. The van der Waals surface area contributed by atoms with Gasteiger partial charge < -0.3 is 15.8 Å². The first-order chi connectivity index (χ1) is 10.5. The van der Waals surface area contributed by atoms with Gasteiger partial charge in [0.05, 0.1) is 7.11 Å². The molecule has 0 aliphatic heterocycles. The Labute approximate surface area is 143 Å². The first-order valence-corrected chi connectivity index (χ1v) is 7.70. The Balaban J connectivity index is 0.00000264. The maximum absolute atomic E-state index is 12.5. The molecule has 0 bridgehead atoms. The lowest BCUT2D eigenvalue weighted by molar-refractivity contribution is -0.150. The molecule has 128 valence electrons. The number of esters is 1. The van der Waals surface area contributed by atoms with Gasteiger partial charge in [-0.2, -0.15) is 0 Å². The maximum Gasteiger partial charge on any atom is 0.331 e. The number of nitrogens with two attached hydrogens (primary N) is 1. The summed E-state index contributed by atoms with van der Waals surface area (Å²) in [5, 5.41) is 2.91. The minimum absolute atomic E-state index is 0. The molecule has 0 saturated heterocycles. The number of ether oxygens (including phenoxy) is 1. The van der Waals surface area contributed by atoms with Crippen LogP contribution < -0.4 is 11.1 Å². The highest BCUT2D eigenvalue weighted by molar-refractivity contribution is 5.98. The highest BCUT2D eigenvalue weighted by atomic mass is 35.5. The summed E-state index contributed by atoms with van der Waals surface area (Å²) < 4.78 is 4.93. The van der Waals surface area contributed by atoms with E-state index >= 15 is 0 Å². The quantitative estimate of drug-likeness (QED) is 0.825. The molecule has 1 aliphatic carbocycles. The molecule has 1 fully saturated rings. The molecule has 1 aromatic rings. The minimum atomic E-state index is -0.898. The van der Waals surface area contributed by atoms with Crippen molar-refractivity contribution in [3.05, 3.63) is 35.4 Å². The molecule has 1 aromatic carbocycles. The van der Waals surface area contributed by atoms with Crippen molar-refractivity contribution in [2.45, 2.75) is 44.7 Å². The molecule has 0 spiro atoms. The number of benzene rings is 1. The number of halogens is 1. The topological polar surface area (TPSA) is 81.4 Å². The Hall–Kier alpha value is -1.59. The third-order valence-corrected chi connectivity index (χ3v) is 4.51. The van der Waals surface area contributed by atoms with Gasteiger partial charge >= 0.3 is 5.97 Å². The zero-order chi connectivity index (χ0) is 16.2. The summed E-state index contributed by atoms with van der Waals surface area (Å²) in [5.41, 5.74) is 6.15. The summed E-state index contributed by atoms with van der Waals surface area (Å²) in [6.07, 6.45) is 3.05. The van der Waals surface area contributed by atoms with Crippen molar-refractivity contribution in [2.75, 3.05) is 7.11 Å². The van der Waals surface area contributed by atoms with Crippen molar-refractivity contribution in [1.29, 1.82) is 0 Å². The van der Waals surface area contributed by atoms with E-state index in [-0.39, 0.29) is 24.3 Å². The van der Waals surface area contributed by atoms with Crippen molar-refractivity contribution >= 4 is 24.3 Å². The molecular weight excluding hydrogens is 316 g/mol. The Morgan fingerprint density at radius 1 is 1.26 bits per heavy atom. The normalized spacial score (nSPS) is 23.5. The van der Waals surface area contributed by atoms with Crippen molar-refractivity contribution in [1.82, 2.24) is 5.32 Å². The van der Waals surface area contributed by atoms with Crippen LogP contribution in [0.15, 0.2) is 24.3 Å². The SMILES string of the molecule is COC(=O)C1(NC(=O)c2ccc(CN)cc2)CCC(C)CC1.Cl. The van der Waals surface area contributed by atoms with Crippen molar-refractivity contribution in [2.24, 2.45) is 11.7 Å². The van der Waals surface area contributed by atoms with E-state index in [1.165, 1.54) is 7.11 Å². The Bertz CT molecular complexity index is 537. The van der Waals surface area contributed by atoms with Crippen molar-refractivity contribution in [3.63, 3.8) is 0 Å².